The van der Waals surface area contributed by atoms with E-state index in [1.165, 1.54) is 11.3 Å². The van der Waals surface area contributed by atoms with Gasteiger partial charge in [-0.15, -0.1) is 0 Å². The summed E-state index contributed by atoms with van der Waals surface area (Å²) in [5.41, 5.74) is 4.54. The second kappa shape index (κ2) is 13.0. The fraction of sp³-hybridized carbons (Fsp3) is 0.212. The van der Waals surface area contributed by atoms with Gasteiger partial charge < -0.3 is 14.2 Å². The van der Waals surface area contributed by atoms with E-state index in [0.29, 0.717) is 43.2 Å². The van der Waals surface area contributed by atoms with Gasteiger partial charge in [-0.25, -0.2) is 9.79 Å². The summed E-state index contributed by atoms with van der Waals surface area (Å²) in [6.07, 6.45) is 1.78. The van der Waals surface area contributed by atoms with Crippen LogP contribution in [0.4, 0.5) is 0 Å². The molecule has 1 aliphatic rings. The van der Waals surface area contributed by atoms with Crippen molar-refractivity contribution in [3.63, 3.8) is 0 Å². The van der Waals surface area contributed by atoms with Gasteiger partial charge in [-0.3, -0.25) is 9.36 Å². The smallest absolute Gasteiger partial charge is 0.338 e. The van der Waals surface area contributed by atoms with Gasteiger partial charge in [0.05, 0.1) is 47.2 Å². The molecule has 0 amide bonds. The van der Waals surface area contributed by atoms with Crippen LogP contribution >= 0.6 is 33.9 Å². The van der Waals surface area contributed by atoms with Gasteiger partial charge >= 0.3 is 5.97 Å². The highest BCUT2D eigenvalue weighted by atomic mass is 127. The second-order valence-electron chi connectivity index (χ2n) is 9.84. The molecule has 0 saturated carbocycles. The van der Waals surface area contributed by atoms with Gasteiger partial charge in [0.15, 0.2) is 16.3 Å². The predicted molar refractivity (Wildman–Crippen MR) is 173 cm³/mol. The largest absolute Gasteiger partial charge is 0.493 e. The molecule has 0 bridgehead atoms. The number of allylic oxidation sites excluding steroid dienone is 1. The number of carbonyl (C=O) groups excluding carboxylic acids is 1. The Balaban J connectivity index is 1.64. The first-order valence-electron chi connectivity index (χ1n) is 13.5. The van der Waals surface area contributed by atoms with E-state index in [1.54, 1.807) is 43.7 Å². The molecular weight excluding hydrogens is 677 g/mol. The van der Waals surface area contributed by atoms with E-state index in [0.717, 1.165) is 20.3 Å². The van der Waals surface area contributed by atoms with Gasteiger partial charge in [0.2, 0.25) is 0 Å². The van der Waals surface area contributed by atoms with E-state index in [-0.39, 0.29) is 18.8 Å². The summed E-state index contributed by atoms with van der Waals surface area (Å²) in [5.74, 6) is 0.513. The molecule has 2 heterocycles. The van der Waals surface area contributed by atoms with Gasteiger partial charge in [-0.2, -0.15) is 5.26 Å². The molecule has 0 spiro atoms. The molecule has 1 aliphatic heterocycles. The number of hydrogen-bond donors (Lipinski definition) is 0. The number of esters is 1. The number of nitrogens with zero attached hydrogens (tertiary/aromatic N) is 3. The zero-order chi connectivity index (χ0) is 30.7. The van der Waals surface area contributed by atoms with Gasteiger partial charge in [-0.05, 0) is 84.8 Å². The van der Waals surface area contributed by atoms with Crippen molar-refractivity contribution in [1.82, 2.24) is 4.57 Å². The number of nitriles is 1. The standard InChI is InChI=1S/C33H28IN3O5S/c1-5-41-32(39)28-20(3)36-33-37(29(28)23-12-6-19(2)7-13-23)31(38)27(43-33)15-24-14-25(34)16-26(40-4)30(24)42-18-22-10-8-21(17-35)9-11-22/h6-16,29H,5,18H2,1-4H3/b27-15-/t29-/m0/s1. The third-order valence-electron chi connectivity index (χ3n) is 6.93. The number of methoxy groups -OCH3 is 1. The maximum Gasteiger partial charge on any atom is 0.338 e. The number of thiazole rings is 1. The van der Waals surface area contributed by atoms with Crippen LogP contribution in [0.1, 0.15) is 47.7 Å². The molecule has 4 aromatic rings. The van der Waals surface area contributed by atoms with E-state index in [1.807, 2.05) is 55.5 Å². The Bertz CT molecular complexity index is 1950. The predicted octanol–water partition coefficient (Wildman–Crippen LogP) is 5.17. The van der Waals surface area contributed by atoms with Crippen LogP contribution in [-0.4, -0.2) is 24.3 Å². The minimum atomic E-state index is -0.685. The number of aromatic nitrogens is 1. The van der Waals surface area contributed by atoms with Crippen molar-refractivity contribution in [2.75, 3.05) is 13.7 Å². The van der Waals surface area contributed by atoms with E-state index in [2.05, 4.69) is 33.7 Å². The third-order valence-corrected chi connectivity index (χ3v) is 8.54. The van der Waals surface area contributed by atoms with Crippen molar-refractivity contribution < 1.29 is 19.0 Å². The first kappa shape index (κ1) is 30.3. The van der Waals surface area contributed by atoms with Crippen LogP contribution < -0.4 is 24.4 Å². The topological polar surface area (TPSA) is 103 Å². The van der Waals surface area contributed by atoms with E-state index in [9.17, 15) is 9.59 Å². The highest BCUT2D eigenvalue weighted by Crippen LogP contribution is 2.35. The van der Waals surface area contributed by atoms with Crippen molar-refractivity contribution >= 4 is 46.0 Å². The molecule has 0 aliphatic carbocycles. The quantitative estimate of drug-likeness (QED) is 0.185. The fourth-order valence-electron chi connectivity index (χ4n) is 4.83. The van der Waals surface area contributed by atoms with Crippen LogP contribution in [-0.2, 0) is 16.1 Å². The Morgan fingerprint density at radius 3 is 2.51 bits per heavy atom. The summed E-state index contributed by atoms with van der Waals surface area (Å²) in [6.45, 7) is 5.95. The first-order chi connectivity index (χ1) is 20.7. The van der Waals surface area contributed by atoms with Crippen molar-refractivity contribution in [3.05, 3.63) is 123 Å². The summed E-state index contributed by atoms with van der Waals surface area (Å²) < 4.78 is 20.2. The summed E-state index contributed by atoms with van der Waals surface area (Å²) in [6, 6.07) is 20.1. The molecule has 0 saturated heterocycles. The molecule has 1 aromatic heterocycles. The van der Waals surface area contributed by atoms with Crippen LogP contribution in [0.15, 0.2) is 81.7 Å². The van der Waals surface area contributed by atoms with Crippen LogP contribution in [0.25, 0.3) is 6.08 Å². The summed E-state index contributed by atoms with van der Waals surface area (Å²) >= 11 is 3.45. The van der Waals surface area contributed by atoms with Gasteiger partial charge in [0.1, 0.15) is 6.61 Å². The van der Waals surface area contributed by atoms with Gasteiger partial charge in [0.25, 0.3) is 5.56 Å². The molecule has 8 nitrogen and oxygen atoms in total. The van der Waals surface area contributed by atoms with Crippen LogP contribution in [0.5, 0.6) is 11.5 Å². The lowest BCUT2D eigenvalue weighted by molar-refractivity contribution is -0.139. The third kappa shape index (κ3) is 6.28. The molecule has 1 atom stereocenters. The summed E-state index contributed by atoms with van der Waals surface area (Å²) in [7, 11) is 1.57. The molecule has 10 heteroatoms. The van der Waals surface area contributed by atoms with E-state index < -0.39 is 12.0 Å². The second-order valence-corrected chi connectivity index (χ2v) is 12.1. The molecule has 0 fully saturated rings. The zero-order valence-corrected chi connectivity index (χ0v) is 27.0. The lowest BCUT2D eigenvalue weighted by Crippen LogP contribution is -2.39. The van der Waals surface area contributed by atoms with Crippen LogP contribution in [0.3, 0.4) is 0 Å². The number of benzene rings is 3. The first-order valence-corrected chi connectivity index (χ1v) is 15.4. The van der Waals surface area contributed by atoms with Crippen molar-refractivity contribution in [3.8, 4) is 17.6 Å². The summed E-state index contributed by atoms with van der Waals surface area (Å²) in [4.78, 5) is 32.4. The lowest BCUT2D eigenvalue weighted by atomic mass is 9.95. The van der Waals surface area contributed by atoms with Gasteiger partial charge in [-0.1, -0.05) is 53.3 Å². The Morgan fingerprint density at radius 2 is 1.86 bits per heavy atom. The fourth-order valence-corrected chi connectivity index (χ4v) is 6.49. The zero-order valence-electron chi connectivity index (χ0n) is 24.0. The minimum absolute atomic E-state index is 0.209. The molecule has 0 unspecified atom stereocenters. The van der Waals surface area contributed by atoms with E-state index in [4.69, 9.17) is 19.5 Å². The normalized spacial score (nSPS) is 14.5. The number of fused-ring (bicyclic) bond motifs is 1. The lowest BCUT2D eigenvalue weighted by Gasteiger charge is -2.24. The molecule has 3 aromatic carbocycles. The molecular formula is C33H28IN3O5S. The van der Waals surface area contributed by atoms with E-state index >= 15 is 0 Å². The number of carbonyl (C=O) groups is 1. The Hall–Kier alpha value is -4.21. The molecule has 0 N–H and O–H groups in total. The average Bonchev–Trinajstić information content (AvgIpc) is 3.30. The SMILES string of the molecule is CCOC(=O)C1=C(C)N=c2s/c(=C\c3cc(I)cc(OC)c3OCc3ccc(C#N)cc3)c(=O)n2[C@H]1c1ccc(C)cc1. The monoisotopic (exact) mass is 705 g/mol. The maximum absolute atomic E-state index is 14.1. The van der Waals surface area contributed by atoms with Crippen LogP contribution in [0.2, 0.25) is 0 Å². The number of ether oxygens (including phenoxy) is 3. The molecule has 218 valence electrons. The molecule has 5 rings (SSSR count). The average molecular weight is 706 g/mol. The van der Waals surface area contributed by atoms with Crippen LogP contribution in [0, 0.1) is 21.8 Å². The number of rotatable bonds is 8. The van der Waals surface area contributed by atoms with Crippen molar-refractivity contribution in [1.29, 1.82) is 5.26 Å². The van der Waals surface area contributed by atoms with Crippen molar-refractivity contribution in [2.45, 2.75) is 33.4 Å². The molecule has 43 heavy (non-hydrogen) atoms. The number of hydrogen-bond acceptors (Lipinski definition) is 8. The highest BCUT2D eigenvalue weighted by Gasteiger charge is 2.33. The summed E-state index contributed by atoms with van der Waals surface area (Å²) in [5, 5.41) is 9.10. The highest BCUT2D eigenvalue weighted by molar-refractivity contribution is 14.1. The number of halogens is 1. The molecule has 0 radical (unpaired) electrons. The number of aryl methyl sites for hydroxylation is 1. The Labute approximate surface area is 266 Å². The maximum atomic E-state index is 14.1. The Kier molecular flexibility index (Phi) is 9.13. The van der Waals surface area contributed by atoms with Crippen molar-refractivity contribution in [2.24, 2.45) is 4.99 Å². The van der Waals surface area contributed by atoms with Gasteiger partial charge in [0, 0.05) is 9.13 Å². The minimum Gasteiger partial charge on any atom is -0.493 e. The Morgan fingerprint density at radius 1 is 1.14 bits per heavy atom.